The molecule has 20 heavy (non-hydrogen) atoms. The summed E-state index contributed by atoms with van der Waals surface area (Å²) < 4.78 is 5.77. The molecule has 1 aliphatic heterocycles. The van der Waals surface area contributed by atoms with E-state index >= 15 is 0 Å². The molecule has 6 nitrogen and oxygen atoms in total. The summed E-state index contributed by atoms with van der Waals surface area (Å²) in [6.45, 7) is 7.71. The highest BCUT2D eigenvalue weighted by Crippen LogP contribution is 2.34. The summed E-state index contributed by atoms with van der Waals surface area (Å²) in [4.78, 5) is 22.8. The molecule has 0 saturated carbocycles. The standard InChI is InChI=1S/C14H21N3O3/c1-14(2,3)12-9(6-7-20-12)8-15-13(19)10-4-5-11(18)17-16-10/h4-5,9,12H,6-8H2,1-3H3,(H,15,19)(H,17,18)/t9-,12+/m1/s1. The largest absolute Gasteiger partial charge is 0.377 e. The zero-order valence-corrected chi connectivity index (χ0v) is 12.1. The van der Waals surface area contributed by atoms with Crippen LogP contribution in [0.4, 0.5) is 0 Å². The predicted molar refractivity (Wildman–Crippen MR) is 74.5 cm³/mol. The van der Waals surface area contributed by atoms with Crippen molar-refractivity contribution in [2.75, 3.05) is 13.2 Å². The molecule has 1 fully saturated rings. The van der Waals surface area contributed by atoms with Gasteiger partial charge < -0.3 is 10.1 Å². The van der Waals surface area contributed by atoms with E-state index in [9.17, 15) is 9.59 Å². The minimum Gasteiger partial charge on any atom is -0.377 e. The molecule has 2 N–H and O–H groups in total. The number of aromatic amines is 1. The molecule has 0 aromatic carbocycles. The van der Waals surface area contributed by atoms with Crippen molar-refractivity contribution in [3.8, 4) is 0 Å². The van der Waals surface area contributed by atoms with Gasteiger partial charge in [-0.2, -0.15) is 5.10 Å². The Morgan fingerprint density at radius 3 is 2.85 bits per heavy atom. The molecule has 1 aromatic rings. The highest BCUT2D eigenvalue weighted by molar-refractivity contribution is 5.91. The van der Waals surface area contributed by atoms with Crippen molar-refractivity contribution in [1.29, 1.82) is 0 Å². The lowest BCUT2D eigenvalue weighted by Gasteiger charge is -2.31. The average molecular weight is 279 g/mol. The van der Waals surface area contributed by atoms with Crippen molar-refractivity contribution < 1.29 is 9.53 Å². The summed E-state index contributed by atoms with van der Waals surface area (Å²) in [5.41, 5.74) is -0.0448. The van der Waals surface area contributed by atoms with Gasteiger partial charge in [0.1, 0.15) is 5.69 Å². The van der Waals surface area contributed by atoms with Crippen molar-refractivity contribution in [2.45, 2.75) is 33.3 Å². The molecule has 0 spiro atoms. The summed E-state index contributed by atoms with van der Waals surface area (Å²) in [6.07, 6.45) is 1.09. The quantitative estimate of drug-likeness (QED) is 0.863. The van der Waals surface area contributed by atoms with Gasteiger partial charge in [0.05, 0.1) is 6.10 Å². The maximum Gasteiger partial charge on any atom is 0.271 e. The lowest BCUT2D eigenvalue weighted by atomic mass is 9.81. The van der Waals surface area contributed by atoms with E-state index in [1.54, 1.807) is 0 Å². The van der Waals surface area contributed by atoms with Crippen LogP contribution in [0.15, 0.2) is 16.9 Å². The van der Waals surface area contributed by atoms with Gasteiger partial charge in [0, 0.05) is 25.1 Å². The molecule has 2 rings (SSSR count). The molecule has 0 unspecified atom stereocenters. The maximum atomic E-state index is 11.9. The van der Waals surface area contributed by atoms with Gasteiger partial charge in [0.15, 0.2) is 0 Å². The Bertz CT molecular complexity index is 513. The number of amides is 1. The predicted octanol–water partition coefficient (Wildman–Crippen LogP) is 0.951. The Kier molecular flexibility index (Phi) is 4.23. The normalized spacial score (nSPS) is 22.8. The van der Waals surface area contributed by atoms with Gasteiger partial charge in [0.25, 0.3) is 11.5 Å². The van der Waals surface area contributed by atoms with Crippen LogP contribution >= 0.6 is 0 Å². The van der Waals surface area contributed by atoms with Crippen molar-refractivity contribution in [1.82, 2.24) is 15.5 Å². The van der Waals surface area contributed by atoms with E-state index in [4.69, 9.17) is 4.74 Å². The van der Waals surface area contributed by atoms with E-state index < -0.39 is 0 Å². The molecule has 1 aliphatic rings. The van der Waals surface area contributed by atoms with Gasteiger partial charge in [-0.15, -0.1) is 0 Å². The van der Waals surface area contributed by atoms with Gasteiger partial charge in [-0.05, 0) is 17.9 Å². The monoisotopic (exact) mass is 279 g/mol. The summed E-state index contributed by atoms with van der Waals surface area (Å²) in [7, 11) is 0. The lowest BCUT2D eigenvalue weighted by molar-refractivity contribution is 0.00736. The minimum atomic E-state index is -0.321. The Balaban J connectivity index is 1.93. The van der Waals surface area contributed by atoms with Gasteiger partial charge in [-0.1, -0.05) is 20.8 Å². The van der Waals surface area contributed by atoms with Crippen molar-refractivity contribution in [3.63, 3.8) is 0 Å². The van der Waals surface area contributed by atoms with E-state index in [0.29, 0.717) is 12.5 Å². The Hall–Kier alpha value is -1.69. The lowest BCUT2D eigenvalue weighted by Crippen LogP contribution is -2.39. The number of carbonyl (C=O) groups excluding carboxylic acids is 1. The first-order valence-corrected chi connectivity index (χ1v) is 6.83. The number of rotatable bonds is 3. The highest BCUT2D eigenvalue weighted by atomic mass is 16.5. The molecule has 6 heteroatoms. The van der Waals surface area contributed by atoms with Crippen LogP contribution in [0, 0.1) is 11.3 Å². The third-order valence-electron chi connectivity index (χ3n) is 3.50. The van der Waals surface area contributed by atoms with Gasteiger partial charge >= 0.3 is 0 Å². The van der Waals surface area contributed by atoms with Gasteiger partial charge in [0.2, 0.25) is 0 Å². The number of hydrogen-bond donors (Lipinski definition) is 2. The first-order chi connectivity index (χ1) is 9.38. The highest BCUT2D eigenvalue weighted by Gasteiger charge is 2.37. The zero-order chi connectivity index (χ0) is 14.8. The molecule has 1 saturated heterocycles. The molecule has 0 radical (unpaired) electrons. The van der Waals surface area contributed by atoms with Crippen molar-refractivity contribution in [3.05, 3.63) is 28.2 Å². The SMILES string of the molecule is CC(C)(C)[C@H]1OCC[C@@H]1CNC(=O)c1ccc(=O)[nH]n1. The molecule has 1 amide bonds. The second-order valence-corrected chi connectivity index (χ2v) is 6.22. The Morgan fingerprint density at radius 1 is 1.50 bits per heavy atom. The number of nitrogens with one attached hydrogen (secondary N) is 2. The third-order valence-corrected chi connectivity index (χ3v) is 3.50. The van der Waals surface area contributed by atoms with Crippen LogP contribution in [-0.2, 0) is 4.74 Å². The first kappa shape index (κ1) is 14.7. The van der Waals surface area contributed by atoms with Gasteiger partial charge in [-0.25, -0.2) is 5.10 Å². The van der Waals surface area contributed by atoms with Crippen LogP contribution in [0.3, 0.4) is 0 Å². The molecular formula is C14H21N3O3. The smallest absolute Gasteiger partial charge is 0.271 e. The second kappa shape index (κ2) is 5.75. The van der Waals surface area contributed by atoms with Crippen LogP contribution in [0.2, 0.25) is 0 Å². The summed E-state index contributed by atoms with van der Waals surface area (Å²) in [5, 5.41) is 8.82. The third kappa shape index (κ3) is 3.45. The van der Waals surface area contributed by atoms with Gasteiger partial charge in [-0.3, -0.25) is 9.59 Å². The average Bonchev–Trinajstić information content (AvgIpc) is 2.85. The topological polar surface area (TPSA) is 84.1 Å². The van der Waals surface area contributed by atoms with E-state index in [1.165, 1.54) is 12.1 Å². The number of ether oxygens (including phenoxy) is 1. The van der Waals surface area contributed by atoms with E-state index in [2.05, 4.69) is 36.3 Å². The van der Waals surface area contributed by atoms with E-state index in [-0.39, 0.29) is 28.7 Å². The van der Waals surface area contributed by atoms with Crippen LogP contribution in [0.5, 0.6) is 0 Å². The minimum absolute atomic E-state index is 0.0577. The van der Waals surface area contributed by atoms with E-state index in [1.807, 2.05) is 0 Å². The molecule has 2 heterocycles. The van der Waals surface area contributed by atoms with Crippen LogP contribution < -0.4 is 10.9 Å². The number of H-pyrrole nitrogens is 1. The Morgan fingerprint density at radius 2 is 2.25 bits per heavy atom. The number of carbonyl (C=O) groups is 1. The number of aromatic nitrogens is 2. The summed E-state index contributed by atoms with van der Waals surface area (Å²) >= 11 is 0. The zero-order valence-electron chi connectivity index (χ0n) is 12.1. The van der Waals surface area contributed by atoms with Crippen molar-refractivity contribution in [2.24, 2.45) is 11.3 Å². The molecule has 110 valence electrons. The van der Waals surface area contributed by atoms with Crippen LogP contribution in [0.25, 0.3) is 0 Å². The molecule has 0 bridgehead atoms. The fourth-order valence-electron chi connectivity index (χ4n) is 2.59. The number of hydrogen-bond acceptors (Lipinski definition) is 4. The summed E-state index contributed by atoms with van der Waals surface area (Å²) in [6, 6.07) is 2.71. The fourth-order valence-corrected chi connectivity index (χ4v) is 2.59. The molecule has 1 aromatic heterocycles. The molecule has 2 atom stereocenters. The molecular weight excluding hydrogens is 258 g/mol. The van der Waals surface area contributed by atoms with Crippen molar-refractivity contribution >= 4 is 5.91 Å². The Labute approximate surface area is 117 Å². The molecule has 0 aliphatic carbocycles. The van der Waals surface area contributed by atoms with Crippen LogP contribution in [0.1, 0.15) is 37.7 Å². The maximum absolute atomic E-state index is 11.9. The number of nitrogens with zero attached hydrogens (tertiary/aromatic N) is 1. The summed E-state index contributed by atoms with van der Waals surface area (Å²) in [5.74, 6) is 0.0301. The fraction of sp³-hybridized carbons (Fsp3) is 0.643. The first-order valence-electron chi connectivity index (χ1n) is 6.83. The van der Waals surface area contributed by atoms with E-state index in [0.717, 1.165) is 13.0 Å². The second-order valence-electron chi connectivity index (χ2n) is 6.22. The van der Waals surface area contributed by atoms with Crippen LogP contribution in [-0.4, -0.2) is 35.4 Å².